The van der Waals surface area contributed by atoms with Crippen molar-refractivity contribution in [3.63, 3.8) is 0 Å². The smallest absolute Gasteiger partial charge is 0.331 e. The molecule has 21 heavy (non-hydrogen) atoms. The fourth-order valence-electron chi connectivity index (χ4n) is 2.22. The summed E-state index contributed by atoms with van der Waals surface area (Å²) < 4.78 is 5.17. The van der Waals surface area contributed by atoms with Gasteiger partial charge in [-0.1, -0.05) is 13.0 Å². The normalized spacial score (nSPS) is 15.2. The van der Waals surface area contributed by atoms with Crippen molar-refractivity contribution < 1.29 is 19.4 Å². The van der Waals surface area contributed by atoms with Gasteiger partial charge in [0.25, 0.3) is 0 Å². The first kappa shape index (κ1) is 15.3. The first-order chi connectivity index (χ1) is 10.0. The molecule has 1 amide bonds. The van der Waals surface area contributed by atoms with Crippen LogP contribution in [0, 0.1) is 6.92 Å². The molecular weight excluding hydrogens is 272 g/mol. The summed E-state index contributed by atoms with van der Waals surface area (Å²) in [6.07, 6.45) is 0.653. The predicted molar refractivity (Wildman–Crippen MR) is 78.3 cm³/mol. The van der Waals surface area contributed by atoms with Crippen LogP contribution in [0.5, 0.6) is 5.75 Å². The topological polar surface area (TPSA) is 78.9 Å². The highest BCUT2D eigenvalue weighted by Gasteiger charge is 2.26. The molecule has 1 aliphatic heterocycles. The van der Waals surface area contributed by atoms with Crippen molar-refractivity contribution in [2.24, 2.45) is 0 Å². The number of rotatable bonds is 5. The van der Waals surface area contributed by atoms with E-state index in [4.69, 9.17) is 9.84 Å². The van der Waals surface area contributed by atoms with Crippen LogP contribution in [0.2, 0.25) is 0 Å². The maximum absolute atomic E-state index is 12.0. The average molecular weight is 292 g/mol. The van der Waals surface area contributed by atoms with Gasteiger partial charge in [-0.15, -0.1) is 0 Å². The molecule has 6 heteroatoms. The molecule has 0 bridgehead atoms. The number of benzene rings is 1. The highest BCUT2D eigenvalue weighted by Crippen LogP contribution is 2.32. The number of carbonyl (C=O) groups is 2. The summed E-state index contributed by atoms with van der Waals surface area (Å²) in [5.41, 5.74) is 1.76. The van der Waals surface area contributed by atoms with Crippen LogP contribution < -0.4 is 15.0 Å². The van der Waals surface area contributed by atoms with Crippen LogP contribution in [0.25, 0.3) is 0 Å². The van der Waals surface area contributed by atoms with Crippen molar-refractivity contribution in [3.8, 4) is 5.75 Å². The van der Waals surface area contributed by atoms with Crippen LogP contribution in [0.1, 0.15) is 18.9 Å². The van der Waals surface area contributed by atoms with Gasteiger partial charge < -0.3 is 20.1 Å². The summed E-state index contributed by atoms with van der Waals surface area (Å²) in [4.78, 5) is 25.3. The van der Waals surface area contributed by atoms with E-state index < -0.39 is 0 Å². The third kappa shape index (κ3) is 3.72. The molecule has 1 atom stereocenters. The summed E-state index contributed by atoms with van der Waals surface area (Å²) in [6, 6.07) is 5.22. The quantitative estimate of drug-likeness (QED) is 0.614. The fourth-order valence-corrected chi connectivity index (χ4v) is 2.22. The second-order valence-corrected chi connectivity index (χ2v) is 5.16. The zero-order valence-corrected chi connectivity index (χ0v) is 12.3. The van der Waals surface area contributed by atoms with Crippen LogP contribution in [-0.4, -0.2) is 42.7 Å². The summed E-state index contributed by atoms with van der Waals surface area (Å²) in [5.74, 6) is -0.134. The number of anilines is 1. The molecule has 1 unspecified atom stereocenters. The van der Waals surface area contributed by atoms with Gasteiger partial charge in [0.05, 0.1) is 24.9 Å². The monoisotopic (exact) mass is 292 g/mol. The maximum atomic E-state index is 12.0. The molecule has 0 aliphatic carbocycles. The number of nitrogens with zero attached hydrogens (tertiary/aromatic N) is 1. The second kappa shape index (κ2) is 6.58. The third-order valence-electron chi connectivity index (χ3n) is 3.41. The van der Waals surface area contributed by atoms with Gasteiger partial charge >= 0.3 is 5.97 Å². The molecule has 2 N–H and O–H groups in total. The van der Waals surface area contributed by atoms with Crippen LogP contribution in [0.3, 0.4) is 0 Å². The first-order valence-corrected chi connectivity index (χ1v) is 7.00. The number of aryl methyl sites for hydroxylation is 1. The molecule has 0 aromatic heterocycles. The van der Waals surface area contributed by atoms with E-state index in [1.54, 1.807) is 11.0 Å². The average Bonchev–Trinajstić information content (AvgIpc) is 2.45. The van der Waals surface area contributed by atoms with Gasteiger partial charge in [-0.05, 0) is 31.0 Å². The van der Waals surface area contributed by atoms with Gasteiger partial charge in [0, 0.05) is 0 Å². The van der Waals surface area contributed by atoms with E-state index in [0.717, 1.165) is 11.3 Å². The Labute approximate surface area is 123 Å². The SMILES string of the molecule is CCC(CO)NC(=O)CN1CC(=O)Oc2ccc(C)cc21. The minimum absolute atomic E-state index is 0.0415. The second-order valence-electron chi connectivity index (χ2n) is 5.16. The Morgan fingerprint density at radius 1 is 1.52 bits per heavy atom. The number of hydrogen-bond donors (Lipinski definition) is 2. The van der Waals surface area contributed by atoms with Crippen molar-refractivity contribution in [2.75, 3.05) is 24.6 Å². The van der Waals surface area contributed by atoms with Gasteiger partial charge in [-0.2, -0.15) is 0 Å². The van der Waals surface area contributed by atoms with E-state index in [1.165, 1.54) is 0 Å². The van der Waals surface area contributed by atoms with Gasteiger partial charge in [0.2, 0.25) is 5.91 Å². The molecule has 1 aromatic rings. The van der Waals surface area contributed by atoms with Gasteiger partial charge in [-0.3, -0.25) is 4.79 Å². The van der Waals surface area contributed by atoms with Crippen molar-refractivity contribution in [1.82, 2.24) is 5.32 Å². The predicted octanol–water partition coefficient (Wildman–Crippen LogP) is 0.608. The maximum Gasteiger partial charge on any atom is 0.331 e. The van der Waals surface area contributed by atoms with E-state index in [9.17, 15) is 9.59 Å². The van der Waals surface area contributed by atoms with Gasteiger partial charge in [0.15, 0.2) is 5.75 Å². The van der Waals surface area contributed by atoms with Crippen molar-refractivity contribution in [1.29, 1.82) is 0 Å². The molecule has 1 aliphatic rings. The van der Waals surface area contributed by atoms with E-state index >= 15 is 0 Å². The lowest BCUT2D eigenvalue weighted by Crippen LogP contribution is -2.46. The molecule has 0 spiro atoms. The van der Waals surface area contributed by atoms with Crippen LogP contribution in [0.4, 0.5) is 5.69 Å². The third-order valence-corrected chi connectivity index (χ3v) is 3.41. The largest absolute Gasteiger partial charge is 0.423 e. The Morgan fingerprint density at radius 3 is 2.95 bits per heavy atom. The minimum Gasteiger partial charge on any atom is -0.423 e. The molecule has 114 valence electrons. The summed E-state index contributed by atoms with van der Waals surface area (Å²) in [7, 11) is 0. The van der Waals surface area contributed by atoms with Crippen molar-refractivity contribution in [2.45, 2.75) is 26.3 Å². The Bertz CT molecular complexity index is 540. The molecule has 6 nitrogen and oxygen atoms in total. The summed E-state index contributed by atoms with van der Waals surface area (Å²) in [6.45, 7) is 3.83. The zero-order valence-electron chi connectivity index (χ0n) is 12.3. The standard InChI is InChI=1S/C15H20N2O4/c1-3-11(9-18)16-14(19)7-17-8-15(20)21-13-5-4-10(2)6-12(13)17/h4-6,11,18H,3,7-9H2,1-2H3,(H,16,19). The van der Waals surface area contributed by atoms with E-state index in [2.05, 4.69) is 5.32 Å². The highest BCUT2D eigenvalue weighted by molar-refractivity contribution is 5.89. The number of nitrogens with one attached hydrogen (secondary N) is 1. The zero-order chi connectivity index (χ0) is 15.4. The fraction of sp³-hybridized carbons (Fsp3) is 0.467. The number of amides is 1. The Balaban J connectivity index is 2.12. The first-order valence-electron chi connectivity index (χ1n) is 7.00. The van der Waals surface area contributed by atoms with Crippen LogP contribution in [-0.2, 0) is 9.59 Å². The van der Waals surface area contributed by atoms with Gasteiger partial charge in [0.1, 0.15) is 6.54 Å². The van der Waals surface area contributed by atoms with Crippen molar-refractivity contribution >= 4 is 17.6 Å². The Hall–Kier alpha value is -2.08. The Kier molecular flexibility index (Phi) is 4.80. The van der Waals surface area contributed by atoms with E-state index in [-0.39, 0.29) is 37.6 Å². The Morgan fingerprint density at radius 2 is 2.29 bits per heavy atom. The molecule has 0 fully saturated rings. The summed E-state index contributed by atoms with van der Waals surface area (Å²) in [5, 5.41) is 11.9. The number of carbonyl (C=O) groups excluding carboxylic acids is 2. The molecule has 0 radical (unpaired) electrons. The molecule has 1 aromatic carbocycles. The summed E-state index contributed by atoms with van der Waals surface area (Å²) >= 11 is 0. The van der Waals surface area contributed by atoms with E-state index in [1.807, 2.05) is 26.0 Å². The lowest BCUT2D eigenvalue weighted by atomic mass is 10.1. The number of aliphatic hydroxyl groups excluding tert-OH is 1. The van der Waals surface area contributed by atoms with Crippen molar-refractivity contribution in [3.05, 3.63) is 23.8 Å². The number of esters is 1. The van der Waals surface area contributed by atoms with Crippen LogP contribution in [0.15, 0.2) is 18.2 Å². The number of aliphatic hydroxyl groups is 1. The molecule has 1 heterocycles. The lowest BCUT2D eigenvalue weighted by molar-refractivity contribution is -0.133. The van der Waals surface area contributed by atoms with Gasteiger partial charge in [-0.25, -0.2) is 4.79 Å². The molecular formula is C15H20N2O4. The molecule has 0 saturated carbocycles. The number of fused-ring (bicyclic) bond motifs is 1. The highest BCUT2D eigenvalue weighted by atomic mass is 16.5. The lowest BCUT2D eigenvalue weighted by Gasteiger charge is -2.30. The molecule has 0 saturated heterocycles. The van der Waals surface area contributed by atoms with E-state index in [0.29, 0.717) is 12.2 Å². The number of hydrogen-bond acceptors (Lipinski definition) is 5. The minimum atomic E-state index is -0.381. The molecule has 2 rings (SSSR count). The van der Waals surface area contributed by atoms with Crippen LogP contribution >= 0.6 is 0 Å². The number of ether oxygens (including phenoxy) is 1.